The summed E-state index contributed by atoms with van der Waals surface area (Å²) in [5, 5.41) is 8.87. The molecule has 0 saturated carbocycles. The van der Waals surface area contributed by atoms with Crippen LogP contribution in [0.1, 0.15) is 19.3 Å². The average Bonchev–Trinajstić information content (AvgIpc) is 2.69. The zero-order chi connectivity index (χ0) is 19.4. The van der Waals surface area contributed by atoms with E-state index in [9.17, 15) is 17.6 Å². The summed E-state index contributed by atoms with van der Waals surface area (Å²) >= 11 is 0. The Bertz CT molecular complexity index is 900. The van der Waals surface area contributed by atoms with Crippen LogP contribution in [0.2, 0.25) is 0 Å². The Morgan fingerprint density at radius 2 is 1.67 bits per heavy atom. The first-order valence-corrected chi connectivity index (χ1v) is 9.85. The molecule has 1 atom stereocenters. The summed E-state index contributed by atoms with van der Waals surface area (Å²) in [6.45, 7) is 0.203. The summed E-state index contributed by atoms with van der Waals surface area (Å²) in [4.78, 5) is 11.8. The van der Waals surface area contributed by atoms with Crippen molar-refractivity contribution in [3.63, 3.8) is 0 Å². The van der Waals surface area contributed by atoms with Crippen molar-refractivity contribution in [3.05, 3.63) is 54.3 Å². The van der Waals surface area contributed by atoms with Crippen LogP contribution >= 0.6 is 0 Å². The van der Waals surface area contributed by atoms with Gasteiger partial charge < -0.3 is 4.74 Å². The smallest absolute Gasteiger partial charge is 0.261 e. The molecule has 1 unspecified atom stereocenters. The molecular weight excluding hydrogens is 375 g/mol. The van der Waals surface area contributed by atoms with E-state index in [4.69, 9.17) is 9.94 Å². The molecule has 0 radical (unpaired) electrons. The molecule has 9 heteroatoms. The summed E-state index contributed by atoms with van der Waals surface area (Å²) in [5.41, 5.74) is 1.54. The molecule has 3 rings (SSSR count). The number of rotatable bonds is 5. The minimum absolute atomic E-state index is 0.0200. The van der Waals surface area contributed by atoms with Crippen molar-refractivity contribution in [2.24, 2.45) is 0 Å². The molecule has 1 heterocycles. The molecule has 1 aliphatic rings. The lowest BCUT2D eigenvalue weighted by molar-refractivity contribution is -0.134. The van der Waals surface area contributed by atoms with Crippen molar-refractivity contribution < 1.29 is 27.5 Å². The summed E-state index contributed by atoms with van der Waals surface area (Å²) in [6.07, 6.45) is 1.69. The molecule has 7 nitrogen and oxygen atoms in total. The highest BCUT2D eigenvalue weighted by molar-refractivity contribution is 7.89. The quantitative estimate of drug-likeness (QED) is 0.600. The maximum Gasteiger partial charge on any atom is 0.261 e. The molecule has 2 aromatic carbocycles. The van der Waals surface area contributed by atoms with Crippen LogP contribution in [-0.2, 0) is 14.8 Å². The number of nitrogens with zero attached hydrogens (tertiary/aromatic N) is 1. The maximum absolute atomic E-state index is 12.9. The highest BCUT2D eigenvalue weighted by Crippen LogP contribution is 2.28. The normalized spacial score (nSPS) is 18.1. The van der Waals surface area contributed by atoms with Crippen LogP contribution in [-0.4, -0.2) is 36.4 Å². The van der Waals surface area contributed by atoms with Crippen LogP contribution in [0, 0.1) is 5.82 Å². The summed E-state index contributed by atoms with van der Waals surface area (Å²) in [7, 11) is -3.91. The van der Waals surface area contributed by atoms with Gasteiger partial charge in [-0.05, 0) is 61.4 Å². The Morgan fingerprint density at radius 3 is 2.26 bits per heavy atom. The number of ether oxygens (including phenoxy) is 1. The van der Waals surface area contributed by atoms with Crippen molar-refractivity contribution in [1.82, 2.24) is 9.79 Å². The van der Waals surface area contributed by atoms with Crippen molar-refractivity contribution >= 4 is 15.9 Å². The average molecular weight is 394 g/mol. The largest absolute Gasteiger partial charge is 0.457 e. The number of halogens is 1. The number of nitrogens with one attached hydrogen (secondary N) is 1. The van der Waals surface area contributed by atoms with Crippen LogP contribution in [0.5, 0.6) is 11.5 Å². The molecular formula is C18H19FN2O5S. The monoisotopic (exact) mass is 394 g/mol. The number of sulfonamides is 1. The van der Waals surface area contributed by atoms with E-state index < -0.39 is 22.0 Å². The third kappa shape index (κ3) is 4.26. The van der Waals surface area contributed by atoms with E-state index in [2.05, 4.69) is 0 Å². The van der Waals surface area contributed by atoms with Gasteiger partial charge in [-0.1, -0.05) is 6.42 Å². The lowest BCUT2D eigenvalue weighted by Gasteiger charge is -2.33. The predicted molar refractivity (Wildman–Crippen MR) is 94.4 cm³/mol. The number of piperidine rings is 1. The van der Waals surface area contributed by atoms with Gasteiger partial charge in [-0.25, -0.2) is 18.3 Å². The Hall–Kier alpha value is -2.49. The second kappa shape index (κ2) is 8.03. The molecule has 144 valence electrons. The van der Waals surface area contributed by atoms with Crippen LogP contribution in [0.4, 0.5) is 4.39 Å². The minimum atomic E-state index is -3.91. The van der Waals surface area contributed by atoms with E-state index in [0.29, 0.717) is 30.8 Å². The van der Waals surface area contributed by atoms with Gasteiger partial charge in [-0.3, -0.25) is 10.0 Å². The Morgan fingerprint density at radius 1 is 1.07 bits per heavy atom. The lowest BCUT2D eigenvalue weighted by Crippen LogP contribution is -2.51. The van der Waals surface area contributed by atoms with E-state index in [1.807, 2.05) is 0 Å². The standard InChI is InChI=1S/C18H19FN2O5S/c19-13-4-6-14(7-5-13)26-15-8-10-16(11-9-15)27(24,25)21-12-2-1-3-17(21)18(22)20-23/h4-11,17,23H,1-3,12H2,(H,20,22). The summed E-state index contributed by atoms with van der Waals surface area (Å²) in [6, 6.07) is 10.3. The van der Waals surface area contributed by atoms with Gasteiger partial charge in [0.25, 0.3) is 5.91 Å². The van der Waals surface area contributed by atoms with Crippen LogP contribution in [0.25, 0.3) is 0 Å². The molecule has 1 aliphatic heterocycles. The summed E-state index contributed by atoms with van der Waals surface area (Å²) in [5.74, 6) is -0.312. The van der Waals surface area contributed by atoms with Gasteiger partial charge in [0.1, 0.15) is 23.4 Å². The third-order valence-corrected chi connectivity index (χ3v) is 6.27. The van der Waals surface area contributed by atoms with E-state index in [-0.39, 0.29) is 17.3 Å². The molecule has 1 saturated heterocycles. The fourth-order valence-electron chi connectivity index (χ4n) is 2.98. The molecule has 0 aliphatic carbocycles. The van der Waals surface area contributed by atoms with E-state index >= 15 is 0 Å². The summed E-state index contributed by atoms with van der Waals surface area (Å²) < 4.78 is 45.4. The van der Waals surface area contributed by atoms with Gasteiger partial charge in [0, 0.05) is 6.54 Å². The van der Waals surface area contributed by atoms with E-state index in [1.54, 1.807) is 0 Å². The molecule has 0 aromatic heterocycles. The first-order valence-electron chi connectivity index (χ1n) is 8.41. The molecule has 0 bridgehead atoms. The number of hydrogen-bond acceptors (Lipinski definition) is 5. The van der Waals surface area contributed by atoms with E-state index in [1.165, 1.54) is 54.0 Å². The predicted octanol–water partition coefficient (Wildman–Crippen LogP) is 2.67. The van der Waals surface area contributed by atoms with Crippen LogP contribution < -0.4 is 10.2 Å². The molecule has 2 aromatic rings. The van der Waals surface area contributed by atoms with E-state index in [0.717, 1.165) is 4.31 Å². The molecule has 2 N–H and O–H groups in total. The van der Waals surface area contributed by atoms with Crippen LogP contribution in [0.15, 0.2) is 53.4 Å². The highest BCUT2D eigenvalue weighted by atomic mass is 32.2. The van der Waals surface area contributed by atoms with Crippen molar-refractivity contribution in [1.29, 1.82) is 0 Å². The minimum Gasteiger partial charge on any atom is -0.457 e. The number of amides is 1. The second-order valence-corrected chi connectivity index (χ2v) is 8.02. The van der Waals surface area contributed by atoms with Gasteiger partial charge >= 0.3 is 0 Å². The van der Waals surface area contributed by atoms with Crippen molar-refractivity contribution in [3.8, 4) is 11.5 Å². The number of benzene rings is 2. The van der Waals surface area contributed by atoms with Crippen molar-refractivity contribution in [2.45, 2.75) is 30.2 Å². The number of hydroxylamine groups is 1. The van der Waals surface area contributed by atoms with Crippen LogP contribution in [0.3, 0.4) is 0 Å². The van der Waals surface area contributed by atoms with Gasteiger partial charge in [-0.2, -0.15) is 4.31 Å². The van der Waals surface area contributed by atoms with Gasteiger partial charge in [0.05, 0.1) is 4.90 Å². The molecule has 0 spiro atoms. The fourth-order valence-corrected chi connectivity index (χ4v) is 4.64. The molecule has 1 fully saturated rings. The first-order chi connectivity index (χ1) is 12.9. The van der Waals surface area contributed by atoms with Gasteiger partial charge in [-0.15, -0.1) is 0 Å². The fraction of sp³-hybridized carbons (Fsp3) is 0.278. The van der Waals surface area contributed by atoms with Crippen molar-refractivity contribution in [2.75, 3.05) is 6.54 Å². The topological polar surface area (TPSA) is 95.9 Å². The second-order valence-electron chi connectivity index (χ2n) is 6.13. The Balaban J connectivity index is 1.80. The number of hydrogen-bond donors (Lipinski definition) is 2. The third-order valence-electron chi connectivity index (χ3n) is 4.35. The maximum atomic E-state index is 12.9. The lowest BCUT2D eigenvalue weighted by atomic mass is 10.0. The Kier molecular flexibility index (Phi) is 5.73. The van der Waals surface area contributed by atoms with Gasteiger partial charge in [0.2, 0.25) is 10.0 Å². The first kappa shape index (κ1) is 19.3. The molecule has 1 amide bonds. The number of carbonyl (C=O) groups is 1. The number of carbonyl (C=O) groups excluding carboxylic acids is 1. The molecule has 27 heavy (non-hydrogen) atoms. The zero-order valence-electron chi connectivity index (χ0n) is 14.3. The Labute approximate surface area is 156 Å². The van der Waals surface area contributed by atoms with Gasteiger partial charge in [0.15, 0.2) is 0 Å². The SMILES string of the molecule is O=C(NO)C1CCCCN1S(=O)(=O)c1ccc(Oc2ccc(F)cc2)cc1. The zero-order valence-corrected chi connectivity index (χ0v) is 15.2. The highest BCUT2D eigenvalue weighted by Gasteiger charge is 2.37.